The van der Waals surface area contributed by atoms with Gasteiger partial charge in [0.2, 0.25) is 10.0 Å². The Labute approximate surface area is 252 Å². The minimum atomic E-state index is -3.77. The van der Waals surface area contributed by atoms with Crippen molar-refractivity contribution in [2.45, 2.75) is 123 Å². The van der Waals surface area contributed by atoms with Gasteiger partial charge >= 0.3 is 5.97 Å². The van der Waals surface area contributed by atoms with Crippen molar-refractivity contribution in [1.29, 1.82) is 0 Å². The van der Waals surface area contributed by atoms with Crippen molar-refractivity contribution >= 4 is 21.9 Å². The zero-order chi connectivity index (χ0) is 31.7. The molecule has 1 amide bonds. The number of nitrogens with one attached hydrogen (secondary N) is 2. The summed E-state index contributed by atoms with van der Waals surface area (Å²) in [5.41, 5.74) is 1.85. The number of hydrogen-bond donors (Lipinski definition) is 3. The summed E-state index contributed by atoms with van der Waals surface area (Å²) >= 11 is 0. The van der Waals surface area contributed by atoms with E-state index in [1.807, 2.05) is 66.7 Å². The maximum atomic E-state index is 13.4. The van der Waals surface area contributed by atoms with Crippen LogP contribution in [0.1, 0.15) is 116 Å². The first-order chi connectivity index (χ1) is 19.2. The van der Waals surface area contributed by atoms with Gasteiger partial charge in [0.05, 0.1) is 15.9 Å². The predicted molar refractivity (Wildman–Crippen MR) is 168 cm³/mol. The predicted octanol–water partition coefficient (Wildman–Crippen LogP) is 6.65. The molecule has 9 heteroatoms. The number of rotatable bonds is 10. The van der Waals surface area contributed by atoms with E-state index >= 15 is 0 Å². The van der Waals surface area contributed by atoms with Crippen LogP contribution in [0.3, 0.4) is 0 Å². The highest BCUT2D eigenvalue weighted by molar-refractivity contribution is 7.89. The van der Waals surface area contributed by atoms with Gasteiger partial charge in [-0.15, -0.1) is 0 Å². The SMILES string of the molecule is Cc1c(C(=O)NCCC(C)(C)C(=O)O)cc(-c2ccc(S(=O)(=O)NC(C)(C)C)c(C(C)(C)C)c2)n1CC1CCCCC1. The van der Waals surface area contributed by atoms with Gasteiger partial charge in [0.25, 0.3) is 5.91 Å². The van der Waals surface area contributed by atoms with Crippen molar-refractivity contribution in [2.24, 2.45) is 11.3 Å². The zero-order valence-corrected chi connectivity index (χ0v) is 27.8. The van der Waals surface area contributed by atoms with Crippen molar-refractivity contribution in [2.75, 3.05) is 6.54 Å². The second-order valence-corrected chi connectivity index (χ2v) is 16.3. The van der Waals surface area contributed by atoms with Crippen LogP contribution in [0.5, 0.6) is 0 Å². The van der Waals surface area contributed by atoms with Gasteiger partial charge in [-0.2, -0.15) is 0 Å². The molecule has 234 valence electrons. The molecule has 1 aliphatic carbocycles. The number of amides is 1. The highest BCUT2D eigenvalue weighted by Gasteiger charge is 2.31. The van der Waals surface area contributed by atoms with Gasteiger partial charge in [0.1, 0.15) is 0 Å². The fourth-order valence-electron chi connectivity index (χ4n) is 5.64. The first-order valence-electron chi connectivity index (χ1n) is 15.1. The van der Waals surface area contributed by atoms with Crippen LogP contribution in [-0.2, 0) is 26.8 Å². The van der Waals surface area contributed by atoms with Crippen LogP contribution in [0.2, 0.25) is 0 Å². The van der Waals surface area contributed by atoms with E-state index in [1.54, 1.807) is 19.9 Å². The number of aliphatic carboxylic acids is 1. The molecule has 0 saturated heterocycles. The maximum Gasteiger partial charge on any atom is 0.309 e. The van der Waals surface area contributed by atoms with E-state index < -0.39 is 32.4 Å². The quantitative estimate of drug-likeness (QED) is 0.282. The van der Waals surface area contributed by atoms with Gasteiger partial charge in [-0.25, -0.2) is 13.1 Å². The Morgan fingerprint density at radius 3 is 2.14 bits per heavy atom. The van der Waals surface area contributed by atoms with Gasteiger partial charge < -0.3 is 15.0 Å². The zero-order valence-electron chi connectivity index (χ0n) is 27.0. The minimum absolute atomic E-state index is 0.234. The molecular formula is C33H51N3O5S. The number of carbonyl (C=O) groups is 2. The highest BCUT2D eigenvalue weighted by Crippen LogP contribution is 2.36. The lowest BCUT2D eigenvalue weighted by Gasteiger charge is -2.27. The van der Waals surface area contributed by atoms with E-state index in [4.69, 9.17) is 0 Å². The van der Waals surface area contributed by atoms with Crippen LogP contribution < -0.4 is 10.0 Å². The third-order valence-electron chi connectivity index (χ3n) is 8.20. The van der Waals surface area contributed by atoms with Crippen molar-refractivity contribution in [3.8, 4) is 11.3 Å². The smallest absolute Gasteiger partial charge is 0.309 e. The third kappa shape index (κ3) is 8.25. The lowest BCUT2D eigenvalue weighted by molar-refractivity contribution is -0.147. The average Bonchev–Trinajstić information content (AvgIpc) is 3.18. The number of aromatic nitrogens is 1. The fraction of sp³-hybridized carbons (Fsp3) is 0.636. The Balaban J connectivity index is 2.08. The maximum absolute atomic E-state index is 13.4. The number of hydrogen-bond acceptors (Lipinski definition) is 4. The Bertz CT molecular complexity index is 1400. The largest absolute Gasteiger partial charge is 0.481 e. The Morgan fingerprint density at radius 1 is 0.976 bits per heavy atom. The van der Waals surface area contributed by atoms with E-state index in [2.05, 4.69) is 14.6 Å². The van der Waals surface area contributed by atoms with Crippen molar-refractivity contribution in [3.63, 3.8) is 0 Å². The standard InChI is InChI=1S/C33H51N3O5S/c1-22-25(29(37)34-18-17-33(8,9)30(38)39)20-27(36(22)21-23-13-11-10-12-14-23)24-15-16-28(26(19-24)31(2,3)4)42(40,41)35-32(5,6)7/h15-16,19-20,23,35H,10-14,17-18,21H2,1-9H3,(H,34,37)(H,38,39). The van der Waals surface area contributed by atoms with E-state index in [-0.39, 0.29) is 17.3 Å². The van der Waals surface area contributed by atoms with Crippen molar-refractivity contribution in [1.82, 2.24) is 14.6 Å². The summed E-state index contributed by atoms with van der Waals surface area (Å²) in [7, 11) is -3.77. The average molecular weight is 602 g/mol. The summed E-state index contributed by atoms with van der Waals surface area (Å²) in [5, 5.41) is 12.4. The van der Waals surface area contributed by atoms with Crippen LogP contribution in [0.15, 0.2) is 29.2 Å². The summed E-state index contributed by atoms with van der Waals surface area (Å²) in [6.45, 7) is 17.8. The lowest BCUT2D eigenvalue weighted by atomic mass is 9.85. The molecule has 0 bridgehead atoms. The molecule has 8 nitrogen and oxygen atoms in total. The normalized spacial score (nSPS) is 15.5. The van der Waals surface area contributed by atoms with E-state index in [9.17, 15) is 23.1 Å². The summed E-state index contributed by atoms with van der Waals surface area (Å²) in [6.07, 6.45) is 6.26. The molecule has 1 aromatic heterocycles. The molecular weight excluding hydrogens is 550 g/mol. The van der Waals surface area contributed by atoms with Crippen molar-refractivity contribution < 1.29 is 23.1 Å². The number of carbonyl (C=O) groups excluding carboxylic acids is 1. The number of nitrogens with zero attached hydrogens (tertiary/aromatic N) is 1. The third-order valence-corrected chi connectivity index (χ3v) is 10.0. The van der Waals surface area contributed by atoms with Crippen LogP contribution in [0, 0.1) is 18.3 Å². The Morgan fingerprint density at radius 2 is 1.60 bits per heavy atom. The molecule has 1 saturated carbocycles. The van der Waals surface area contributed by atoms with E-state index in [1.165, 1.54) is 19.3 Å². The van der Waals surface area contributed by atoms with Crippen LogP contribution in [-0.4, -0.2) is 42.1 Å². The van der Waals surface area contributed by atoms with Gasteiger partial charge in [-0.3, -0.25) is 9.59 Å². The molecule has 0 radical (unpaired) electrons. The summed E-state index contributed by atoms with van der Waals surface area (Å²) in [5.74, 6) is -0.623. The number of carboxylic acid groups (broad SMARTS) is 1. The molecule has 1 fully saturated rings. The van der Waals surface area contributed by atoms with Crippen LogP contribution in [0.25, 0.3) is 11.3 Å². The first-order valence-corrected chi connectivity index (χ1v) is 16.6. The van der Waals surface area contributed by atoms with Crippen molar-refractivity contribution in [3.05, 3.63) is 41.1 Å². The molecule has 0 unspecified atom stereocenters. The monoisotopic (exact) mass is 601 g/mol. The van der Waals surface area contributed by atoms with E-state index in [0.717, 1.165) is 36.3 Å². The number of benzene rings is 1. The molecule has 42 heavy (non-hydrogen) atoms. The van der Waals surface area contributed by atoms with Gasteiger partial charge in [-0.05, 0) is 101 Å². The molecule has 0 aliphatic heterocycles. The molecule has 1 aromatic carbocycles. The lowest BCUT2D eigenvalue weighted by Crippen LogP contribution is -2.41. The van der Waals surface area contributed by atoms with Crippen LogP contribution >= 0.6 is 0 Å². The Kier molecular flexibility index (Phi) is 10.1. The number of carboxylic acids is 1. The first kappa shape index (κ1) is 33.8. The number of sulfonamides is 1. The van der Waals surface area contributed by atoms with Gasteiger partial charge in [0, 0.05) is 30.0 Å². The molecule has 1 aliphatic rings. The summed E-state index contributed by atoms with van der Waals surface area (Å²) in [6, 6.07) is 7.39. The fourth-order valence-corrected chi connectivity index (χ4v) is 7.45. The molecule has 0 atom stereocenters. The van der Waals surface area contributed by atoms with Crippen LogP contribution in [0.4, 0.5) is 0 Å². The molecule has 2 aromatic rings. The minimum Gasteiger partial charge on any atom is -0.481 e. The second-order valence-electron chi connectivity index (χ2n) is 14.7. The molecule has 3 N–H and O–H groups in total. The topological polar surface area (TPSA) is 118 Å². The summed E-state index contributed by atoms with van der Waals surface area (Å²) in [4.78, 5) is 25.2. The highest BCUT2D eigenvalue weighted by atomic mass is 32.2. The second kappa shape index (κ2) is 12.5. The van der Waals surface area contributed by atoms with Gasteiger partial charge in [-0.1, -0.05) is 46.1 Å². The molecule has 0 spiro atoms. The summed E-state index contributed by atoms with van der Waals surface area (Å²) < 4.78 is 31.9. The Hall–Kier alpha value is -2.65. The van der Waals surface area contributed by atoms with Gasteiger partial charge in [0.15, 0.2) is 0 Å². The molecule has 3 rings (SSSR count). The van der Waals surface area contributed by atoms with E-state index in [0.29, 0.717) is 23.5 Å². The molecule has 1 heterocycles.